The highest BCUT2D eigenvalue weighted by Gasteiger charge is 2.20. The van der Waals surface area contributed by atoms with Gasteiger partial charge in [-0.3, -0.25) is 9.36 Å². The van der Waals surface area contributed by atoms with Crippen LogP contribution in [0.4, 0.5) is 5.82 Å². The second-order valence-corrected chi connectivity index (χ2v) is 8.50. The van der Waals surface area contributed by atoms with Gasteiger partial charge in [-0.25, -0.2) is 4.98 Å². The van der Waals surface area contributed by atoms with Crippen molar-refractivity contribution in [2.45, 2.75) is 24.7 Å². The van der Waals surface area contributed by atoms with E-state index in [4.69, 9.17) is 39.5 Å². The predicted octanol–water partition coefficient (Wildman–Crippen LogP) is 5.69. The van der Waals surface area contributed by atoms with Crippen molar-refractivity contribution in [3.63, 3.8) is 0 Å². The average molecular weight is 499 g/mol. The van der Waals surface area contributed by atoms with Gasteiger partial charge in [-0.15, -0.1) is 16.8 Å². The Kier molecular flexibility index (Phi) is 8.20. The molecule has 31 heavy (non-hydrogen) atoms. The zero-order chi connectivity index (χ0) is 22.4. The molecule has 3 rings (SSSR count). The Morgan fingerprint density at radius 3 is 2.74 bits per heavy atom. The first-order chi connectivity index (χ1) is 14.9. The number of anilines is 1. The molecule has 1 unspecified atom stereocenters. The summed E-state index contributed by atoms with van der Waals surface area (Å²) in [6.07, 6.45) is 2.71. The lowest BCUT2D eigenvalue weighted by atomic mass is 10.3. The normalized spacial score (nSPS) is 11.7. The van der Waals surface area contributed by atoms with Crippen molar-refractivity contribution in [1.29, 1.82) is 0 Å². The monoisotopic (exact) mass is 497 g/mol. The Bertz CT molecular complexity index is 1080. The molecule has 0 aliphatic carbocycles. The van der Waals surface area contributed by atoms with Crippen molar-refractivity contribution in [2.75, 3.05) is 11.1 Å². The van der Waals surface area contributed by atoms with Crippen molar-refractivity contribution < 1.29 is 9.53 Å². The fourth-order valence-corrected chi connectivity index (χ4v) is 3.77. The lowest BCUT2D eigenvalue weighted by Gasteiger charge is -2.16. The summed E-state index contributed by atoms with van der Waals surface area (Å²) in [4.78, 5) is 16.3. The molecule has 1 aromatic carbocycles. The van der Waals surface area contributed by atoms with Gasteiger partial charge in [0.25, 0.3) is 0 Å². The summed E-state index contributed by atoms with van der Waals surface area (Å²) >= 11 is 19.3. The van der Waals surface area contributed by atoms with E-state index < -0.39 is 6.10 Å². The Morgan fingerprint density at radius 1 is 1.26 bits per heavy atom. The second-order valence-electron chi connectivity index (χ2n) is 6.27. The second kappa shape index (κ2) is 10.9. The molecule has 0 saturated heterocycles. The van der Waals surface area contributed by atoms with E-state index in [9.17, 15) is 4.79 Å². The minimum atomic E-state index is -0.468. The van der Waals surface area contributed by atoms with Gasteiger partial charge in [0, 0.05) is 23.8 Å². The molecule has 0 aliphatic rings. The van der Waals surface area contributed by atoms with Crippen LogP contribution in [0.15, 0.2) is 54.3 Å². The number of nitrogens with one attached hydrogen (secondary N) is 1. The summed E-state index contributed by atoms with van der Waals surface area (Å²) in [6.45, 7) is 6.06. The van der Waals surface area contributed by atoms with E-state index in [1.54, 1.807) is 36.4 Å². The number of hydrogen-bond donors (Lipinski definition) is 1. The van der Waals surface area contributed by atoms with Crippen LogP contribution in [0.2, 0.25) is 15.1 Å². The van der Waals surface area contributed by atoms with Crippen molar-refractivity contribution in [2.24, 2.45) is 0 Å². The van der Waals surface area contributed by atoms with Crippen LogP contribution in [-0.4, -0.2) is 31.4 Å². The molecule has 11 heteroatoms. The number of allylic oxidation sites excluding steroid dienone is 1. The fourth-order valence-electron chi connectivity index (χ4n) is 2.58. The lowest BCUT2D eigenvalue weighted by molar-refractivity contribution is -0.113. The zero-order valence-electron chi connectivity index (χ0n) is 16.4. The van der Waals surface area contributed by atoms with E-state index in [0.717, 1.165) is 0 Å². The topological polar surface area (TPSA) is 81.9 Å². The highest BCUT2D eigenvalue weighted by molar-refractivity contribution is 7.99. The highest BCUT2D eigenvalue weighted by Crippen LogP contribution is 2.32. The summed E-state index contributed by atoms with van der Waals surface area (Å²) in [5.74, 6) is 1.32. The van der Waals surface area contributed by atoms with Crippen LogP contribution in [0.25, 0.3) is 0 Å². The average Bonchev–Trinajstić information content (AvgIpc) is 3.14. The molecular weight excluding hydrogens is 481 g/mol. The SMILES string of the molecule is C=CCn1c(SCC(=O)Nc2ccc(Cl)cn2)nnc1C(C)Oc1cc(Cl)ccc1Cl. The minimum Gasteiger partial charge on any atom is -0.481 e. The largest absolute Gasteiger partial charge is 0.481 e. The lowest BCUT2D eigenvalue weighted by Crippen LogP contribution is -2.16. The molecule has 0 fully saturated rings. The molecule has 0 radical (unpaired) electrons. The van der Waals surface area contributed by atoms with Crippen LogP contribution in [0.5, 0.6) is 5.75 Å². The van der Waals surface area contributed by atoms with Crippen LogP contribution in [-0.2, 0) is 11.3 Å². The first-order valence-electron chi connectivity index (χ1n) is 9.07. The van der Waals surface area contributed by atoms with Crippen LogP contribution in [0, 0.1) is 0 Å². The number of aromatic nitrogens is 4. The van der Waals surface area contributed by atoms with Gasteiger partial charge in [-0.1, -0.05) is 52.6 Å². The number of thioether (sulfide) groups is 1. The molecule has 0 bridgehead atoms. The number of amides is 1. The van der Waals surface area contributed by atoms with Gasteiger partial charge in [-0.05, 0) is 31.2 Å². The van der Waals surface area contributed by atoms with Crippen LogP contribution < -0.4 is 10.1 Å². The van der Waals surface area contributed by atoms with Gasteiger partial charge in [0.2, 0.25) is 5.91 Å². The molecule has 1 amide bonds. The van der Waals surface area contributed by atoms with Crippen LogP contribution in [0.3, 0.4) is 0 Å². The summed E-state index contributed by atoms with van der Waals surface area (Å²) in [5.41, 5.74) is 0. The van der Waals surface area contributed by atoms with Crippen LogP contribution >= 0.6 is 46.6 Å². The van der Waals surface area contributed by atoms with E-state index in [2.05, 4.69) is 27.1 Å². The molecule has 2 heterocycles. The number of ether oxygens (including phenoxy) is 1. The van der Waals surface area contributed by atoms with Gasteiger partial charge in [0.1, 0.15) is 11.6 Å². The standard InChI is InChI=1S/C20H18Cl3N5O2S/c1-3-8-28-19(12(2)30-16-9-13(21)4-6-15(16)23)26-27-20(28)31-11-18(29)25-17-7-5-14(22)10-24-17/h3-7,9-10,12H,1,8,11H2,2H3,(H,24,25,29). The maximum Gasteiger partial charge on any atom is 0.236 e. The number of nitrogens with zero attached hydrogens (tertiary/aromatic N) is 4. The Labute approximate surface area is 198 Å². The molecular formula is C20H18Cl3N5O2S. The molecule has 7 nitrogen and oxygen atoms in total. The quantitative estimate of drug-likeness (QED) is 0.301. The number of hydrogen-bond acceptors (Lipinski definition) is 6. The summed E-state index contributed by atoms with van der Waals surface area (Å²) < 4.78 is 7.77. The number of carbonyl (C=O) groups excluding carboxylic acids is 1. The van der Waals surface area contributed by atoms with Crippen molar-refractivity contribution in [3.8, 4) is 5.75 Å². The summed E-state index contributed by atoms with van der Waals surface area (Å²) in [6, 6.07) is 8.26. The maximum absolute atomic E-state index is 12.3. The maximum atomic E-state index is 12.3. The zero-order valence-corrected chi connectivity index (χ0v) is 19.5. The van der Waals surface area contributed by atoms with Crippen molar-refractivity contribution >= 4 is 58.3 Å². The summed E-state index contributed by atoms with van der Waals surface area (Å²) in [5, 5.41) is 13.1. The van der Waals surface area contributed by atoms with E-state index in [1.165, 1.54) is 18.0 Å². The third-order valence-corrected chi connectivity index (χ3v) is 5.68. The van der Waals surface area contributed by atoms with Gasteiger partial charge in [0.15, 0.2) is 17.1 Å². The number of halogens is 3. The number of benzene rings is 1. The van der Waals surface area contributed by atoms with E-state index in [-0.39, 0.29) is 11.7 Å². The molecule has 1 N–H and O–H groups in total. The smallest absolute Gasteiger partial charge is 0.236 e. The summed E-state index contributed by atoms with van der Waals surface area (Å²) in [7, 11) is 0. The minimum absolute atomic E-state index is 0.120. The first-order valence-corrected chi connectivity index (χ1v) is 11.2. The van der Waals surface area contributed by atoms with Crippen molar-refractivity contribution in [1.82, 2.24) is 19.7 Å². The number of rotatable bonds is 9. The van der Waals surface area contributed by atoms with E-state index in [0.29, 0.717) is 44.2 Å². The Balaban J connectivity index is 1.69. The molecule has 1 atom stereocenters. The molecule has 0 spiro atoms. The third kappa shape index (κ3) is 6.36. The van der Waals surface area contributed by atoms with Gasteiger partial charge in [-0.2, -0.15) is 0 Å². The number of carbonyl (C=O) groups is 1. The molecule has 0 aliphatic heterocycles. The first kappa shape index (κ1) is 23.4. The molecule has 162 valence electrons. The van der Waals surface area contributed by atoms with Crippen molar-refractivity contribution in [3.05, 3.63) is 70.1 Å². The number of pyridine rings is 1. The Hall–Kier alpha value is -2.26. The van der Waals surface area contributed by atoms with E-state index >= 15 is 0 Å². The molecule has 2 aromatic heterocycles. The highest BCUT2D eigenvalue weighted by atomic mass is 35.5. The molecule has 0 saturated carbocycles. The van der Waals surface area contributed by atoms with Gasteiger partial charge < -0.3 is 10.1 Å². The fraction of sp³-hybridized carbons (Fsp3) is 0.200. The van der Waals surface area contributed by atoms with Gasteiger partial charge in [0.05, 0.1) is 15.8 Å². The van der Waals surface area contributed by atoms with Crippen LogP contribution in [0.1, 0.15) is 18.9 Å². The Morgan fingerprint density at radius 2 is 2.03 bits per heavy atom. The molecule has 3 aromatic rings. The van der Waals surface area contributed by atoms with E-state index in [1.807, 2.05) is 11.5 Å². The van der Waals surface area contributed by atoms with Gasteiger partial charge >= 0.3 is 0 Å². The third-order valence-electron chi connectivity index (χ3n) is 3.94. The predicted molar refractivity (Wildman–Crippen MR) is 124 cm³/mol.